The van der Waals surface area contributed by atoms with E-state index in [1.807, 2.05) is 38.1 Å². The molecule has 6 nitrogen and oxygen atoms in total. The Morgan fingerprint density at radius 3 is 2.82 bits per heavy atom. The van der Waals surface area contributed by atoms with Crippen molar-refractivity contribution >= 4 is 23.3 Å². The van der Waals surface area contributed by atoms with E-state index in [0.29, 0.717) is 17.3 Å². The molecule has 0 bridgehead atoms. The van der Waals surface area contributed by atoms with Gasteiger partial charge in [0.2, 0.25) is 5.82 Å². The standard InChI is InChI=1S/C15H14ClN5O/c1-9-7-10(2)21-15(18-9)19-13(20-21)14(22)17-8-11-5-3-4-6-12(11)16/h3-7H,8H2,1-2H3,(H,17,22). The van der Waals surface area contributed by atoms with Crippen LogP contribution in [0.3, 0.4) is 0 Å². The zero-order valence-electron chi connectivity index (χ0n) is 12.2. The molecule has 1 aromatic carbocycles. The predicted octanol–water partition coefficient (Wildman–Crippen LogP) is 2.32. The quantitative estimate of drug-likeness (QED) is 0.805. The molecule has 0 saturated heterocycles. The van der Waals surface area contributed by atoms with Crippen LogP contribution in [0, 0.1) is 13.8 Å². The van der Waals surface area contributed by atoms with Crippen molar-refractivity contribution in [2.45, 2.75) is 20.4 Å². The van der Waals surface area contributed by atoms with Crippen LogP contribution in [0.4, 0.5) is 0 Å². The number of aromatic nitrogens is 4. The first-order valence-electron chi connectivity index (χ1n) is 6.77. The summed E-state index contributed by atoms with van der Waals surface area (Å²) in [5.41, 5.74) is 2.55. The van der Waals surface area contributed by atoms with Gasteiger partial charge in [-0.15, -0.1) is 5.10 Å². The van der Waals surface area contributed by atoms with Crippen LogP contribution >= 0.6 is 11.6 Å². The van der Waals surface area contributed by atoms with Crippen molar-refractivity contribution in [3.05, 3.63) is 58.1 Å². The molecule has 0 fully saturated rings. The highest BCUT2D eigenvalue weighted by molar-refractivity contribution is 6.31. The number of benzene rings is 1. The van der Waals surface area contributed by atoms with Crippen LogP contribution in [-0.2, 0) is 6.54 Å². The third kappa shape index (κ3) is 2.78. The molecule has 0 atom stereocenters. The van der Waals surface area contributed by atoms with Crippen molar-refractivity contribution in [1.29, 1.82) is 0 Å². The number of nitrogens with zero attached hydrogens (tertiary/aromatic N) is 4. The van der Waals surface area contributed by atoms with Crippen LogP contribution in [0.5, 0.6) is 0 Å². The number of carbonyl (C=O) groups is 1. The molecule has 22 heavy (non-hydrogen) atoms. The molecule has 2 aromatic heterocycles. The van der Waals surface area contributed by atoms with E-state index in [4.69, 9.17) is 11.6 Å². The molecule has 0 unspecified atom stereocenters. The third-order valence-electron chi connectivity index (χ3n) is 3.22. The lowest BCUT2D eigenvalue weighted by Crippen LogP contribution is -2.24. The smallest absolute Gasteiger partial charge is 0.291 e. The van der Waals surface area contributed by atoms with Gasteiger partial charge in [-0.05, 0) is 31.5 Å². The normalized spacial score (nSPS) is 10.9. The minimum absolute atomic E-state index is 0.0910. The van der Waals surface area contributed by atoms with Gasteiger partial charge in [-0.25, -0.2) is 9.50 Å². The summed E-state index contributed by atoms with van der Waals surface area (Å²) in [6.45, 7) is 4.08. The zero-order valence-corrected chi connectivity index (χ0v) is 12.9. The van der Waals surface area contributed by atoms with Crippen molar-refractivity contribution < 1.29 is 4.79 Å². The van der Waals surface area contributed by atoms with Gasteiger partial charge < -0.3 is 5.32 Å². The Balaban J connectivity index is 1.81. The second-order valence-electron chi connectivity index (χ2n) is 4.96. The predicted molar refractivity (Wildman–Crippen MR) is 82.9 cm³/mol. The molecule has 0 aliphatic rings. The fraction of sp³-hybridized carbons (Fsp3) is 0.200. The van der Waals surface area contributed by atoms with E-state index in [-0.39, 0.29) is 11.7 Å². The van der Waals surface area contributed by atoms with E-state index in [1.54, 1.807) is 10.6 Å². The summed E-state index contributed by atoms with van der Waals surface area (Å²) in [4.78, 5) is 20.6. The van der Waals surface area contributed by atoms with Gasteiger partial charge in [0.1, 0.15) is 0 Å². The van der Waals surface area contributed by atoms with Gasteiger partial charge in [0.15, 0.2) is 0 Å². The van der Waals surface area contributed by atoms with Crippen LogP contribution in [0.1, 0.15) is 27.6 Å². The van der Waals surface area contributed by atoms with Gasteiger partial charge in [0.25, 0.3) is 11.7 Å². The average molecular weight is 316 g/mol. The van der Waals surface area contributed by atoms with Gasteiger partial charge in [-0.2, -0.15) is 4.98 Å². The monoisotopic (exact) mass is 315 g/mol. The van der Waals surface area contributed by atoms with Crippen LogP contribution in [0.2, 0.25) is 5.02 Å². The number of carbonyl (C=O) groups excluding carboxylic acids is 1. The Labute approximate surface area is 132 Å². The van der Waals surface area contributed by atoms with Gasteiger partial charge in [-0.3, -0.25) is 4.79 Å². The number of fused-ring (bicyclic) bond motifs is 1. The SMILES string of the molecule is Cc1cc(C)n2nc(C(=O)NCc3ccccc3Cl)nc2n1. The number of nitrogens with one attached hydrogen (secondary N) is 1. The third-order valence-corrected chi connectivity index (χ3v) is 3.59. The Bertz CT molecular complexity index is 858. The summed E-state index contributed by atoms with van der Waals surface area (Å²) in [7, 11) is 0. The van der Waals surface area contributed by atoms with Crippen LogP contribution in [-0.4, -0.2) is 25.5 Å². The zero-order chi connectivity index (χ0) is 15.7. The minimum atomic E-state index is -0.359. The second kappa shape index (κ2) is 5.73. The number of hydrogen-bond donors (Lipinski definition) is 1. The van der Waals surface area contributed by atoms with E-state index >= 15 is 0 Å². The molecule has 7 heteroatoms. The van der Waals surface area contributed by atoms with E-state index in [1.165, 1.54) is 0 Å². The lowest BCUT2D eigenvalue weighted by atomic mass is 10.2. The van der Waals surface area contributed by atoms with Gasteiger partial charge in [-0.1, -0.05) is 29.8 Å². The summed E-state index contributed by atoms with van der Waals surface area (Å²) in [5, 5.41) is 7.56. The lowest BCUT2D eigenvalue weighted by molar-refractivity contribution is 0.0941. The Morgan fingerprint density at radius 1 is 1.27 bits per heavy atom. The molecule has 0 saturated carbocycles. The van der Waals surface area contributed by atoms with Crippen LogP contribution in [0.15, 0.2) is 30.3 Å². The van der Waals surface area contributed by atoms with Gasteiger partial charge in [0.05, 0.1) is 0 Å². The first kappa shape index (κ1) is 14.5. The first-order valence-corrected chi connectivity index (χ1v) is 7.15. The molecule has 112 valence electrons. The summed E-state index contributed by atoms with van der Waals surface area (Å²) >= 11 is 6.06. The maximum atomic E-state index is 12.2. The number of hydrogen-bond acceptors (Lipinski definition) is 4. The Kier molecular flexibility index (Phi) is 3.77. The molecule has 0 spiro atoms. The van der Waals surface area contributed by atoms with Crippen molar-refractivity contribution in [2.24, 2.45) is 0 Å². The Hall–Kier alpha value is -2.47. The summed E-state index contributed by atoms with van der Waals surface area (Å²) in [5.74, 6) is 0.149. The molecule has 0 radical (unpaired) electrons. The van der Waals surface area contributed by atoms with Crippen molar-refractivity contribution in [1.82, 2.24) is 24.9 Å². The van der Waals surface area contributed by atoms with Crippen molar-refractivity contribution in [2.75, 3.05) is 0 Å². The fourth-order valence-corrected chi connectivity index (χ4v) is 2.36. The summed E-state index contributed by atoms with van der Waals surface area (Å²) in [6.07, 6.45) is 0. The lowest BCUT2D eigenvalue weighted by Gasteiger charge is -2.04. The second-order valence-corrected chi connectivity index (χ2v) is 5.37. The van der Waals surface area contributed by atoms with E-state index in [2.05, 4.69) is 20.4 Å². The van der Waals surface area contributed by atoms with Crippen molar-refractivity contribution in [3.63, 3.8) is 0 Å². The molecule has 3 aromatic rings. The van der Waals surface area contributed by atoms with Crippen molar-refractivity contribution in [3.8, 4) is 0 Å². The highest BCUT2D eigenvalue weighted by Gasteiger charge is 2.15. The number of rotatable bonds is 3. The minimum Gasteiger partial charge on any atom is -0.345 e. The van der Waals surface area contributed by atoms with Crippen LogP contribution in [0.25, 0.3) is 5.78 Å². The fourth-order valence-electron chi connectivity index (χ4n) is 2.16. The molecule has 2 heterocycles. The van der Waals surface area contributed by atoms with E-state index < -0.39 is 0 Å². The average Bonchev–Trinajstić information content (AvgIpc) is 2.90. The van der Waals surface area contributed by atoms with Crippen LogP contribution < -0.4 is 5.32 Å². The highest BCUT2D eigenvalue weighted by atomic mass is 35.5. The molecule has 3 rings (SSSR count). The summed E-state index contributed by atoms with van der Waals surface area (Å²) < 4.78 is 1.55. The molecular weight excluding hydrogens is 302 g/mol. The number of aryl methyl sites for hydroxylation is 2. The topological polar surface area (TPSA) is 72.2 Å². The highest BCUT2D eigenvalue weighted by Crippen LogP contribution is 2.14. The van der Waals surface area contributed by atoms with E-state index in [9.17, 15) is 4.79 Å². The molecular formula is C15H14ClN5O. The molecule has 0 aliphatic heterocycles. The maximum Gasteiger partial charge on any atom is 0.291 e. The Morgan fingerprint density at radius 2 is 2.05 bits per heavy atom. The summed E-state index contributed by atoms with van der Waals surface area (Å²) in [6, 6.07) is 9.23. The molecule has 0 aliphatic carbocycles. The van der Waals surface area contributed by atoms with Gasteiger partial charge >= 0.3 is 0 Å². The number of amides is 1. The largest absolute Gasteiger partial charge is 0.345 e. The van der Waals surface area contributed by atoms with Gasteiger partial charge in [0, 0.05) is 23.0 Å². The molecule has 1 N–H and O–H groups in total. The maximum absolute atomic E-state index is 12.2. The van der Waals surface area contributed by atoms with E-state index in [0.717, 1.165) is 17.0 Å². The number of halogens is 1. The molecule has 1 amide bonds. The first-order chi connectivity index (χ1) is 10.5.